The van der Waals surface area contributed by atoms with Crippen LogP contribution < -0.4 is 9.47 Å². The molecule has 1 aromatic rings. The van der Waals surface area contributed by atoms with Crippen molar-refractivity contribution < 1.29 is 23.8 Å². The number of benzene rings is 1. The average molecular weight is 252 g/mol. The quantitative estimate of drug-likeness (QED) is 0.419. The van der Waals surface area contributed by atoms with E-state index in [2.05, 4.69) is 0 Å². The van der Waals surface area contributed by atoms with Crippen molar-refractivity contribution in [2.45, 2.75) is 13.3 Å². The van der Waals surface area contributed by atoms with E-state index in [1.54, 1.807) is 31.4 Å². The van der Waals surface area contributed by atoms with Crippen LogP contribution in [0, 0.1) is 0 Å². The zero-order chi connectivity index (χ0) is 13.4. The maximum absolute atomic E-state index is 11.0. The number of hydrogen-bond donors (Lipinski definition) is 0. The molecule has 0 spiro atoms. The Balaban J connectivity index is 2.21. The first-order chi connectivity index (χ1) is 8.61. The van der Waals surface area contributed by atoms with Crippen LogP contribution in [0.4, 0.5) is 0 Å². The van der Waals surface area contributed by atoms with Gasteiger partial charge in [-0.25, -0.2) is 0 Å². The maximum atomic E-state index is 11.0. The van der Waals surface area contributed by atoms with Crippen molar-refractivity contribution in [2.75, 3.05) is 20.3 Å². The minimum atomic E-state index is -0.527. The van der Waals surface area contributed by atoms with Gasteiger partial charge in [0.05, 0.1) is 7.11 Å². The van der Waals surface area contributed by atoms with Crippen molar-refractivity contribution in [3.8, 4) is 11.5 Å². The van der Waals surface area contributed by atoms with Gasteiger partial charge in [0, 0.05) is 0 Å². The smallest absolute Gasteiger partial charge is 0.313 e. The molecule has 5 heteroatoms. The van der Waals surface area contributed by atoms with Crippen LogP contribution in [0.25, 0.3) is 0 Å². The standard InChI is InChI=1S/C13H16O5/c1-10(14)9-13(15)18-8-7-17-12-5-3-11(16-2)4-6-12/h3-6H,7-9H2,1-2H3. The van der Waals surface area contributed by atoms with E-state index in [-0.39, 0.29) is 25.4 Å². The molecule has 0 aliphatic rings. The van der Waals surface area contributed by atoms with Gasteiger partial charge in [0.25, 0.3) is 0 Å². The van der Waals surface area contributed by atoms with Crippen LogP contribution in [0.5, 0.6) is 11.5 Å². The Morgan fingerprint density at radius 2 is 1.67 bits per heavy atom. The molecule has 0 saturated carbocycles. The summed E-state index contributed by atoms with van der Waals surface area (Å²) in [5.41, 5.74) is 0. The Morgan fingerprint density at radius 3 is 2.22 bits per heavy atom. The molecule has 0 heterocycles. The fourth-order valence-corrected chi connectivity index (χ4v) is 1.24. The normalized spacial score (nSPS) is 9.67. The fraction of sp³-hybridized carbons (Fsp3) is 0.385. The van der Waals surface area contributed by atoms with Gasteiger partial charge in [-0.1, -0.05) is 0 Å². The van der Waals surface area contributed by atoms with Crippen LogP contribution in [0.1, 0.15) is 13.3 Å². The highest BCUT2D eigenvalue weighted by Gasteiger charge is 2.05. The number of Topliss-reactive ketones (excluding diaryl/α,β-unsaturated/α-hetero) is 1. The molecule has 5 nitrogen and oxygen atoms in total. The highest BCUT2D eigenvalue weighted by atomic mass is 16.6. The molecule has 1 rings (SSSR count). The lowest BCUT2D eigenvalue weighted by Gasteiger charge is -2.07. The summed E-state index contributed by atoms with van der Waals surface area (Å²) >= 11 is 0. The zero-order valence-electron chi connectivity index (χ0n) is 10.5. The molecule has 0 atom stereocenters. The Bertz CT molecular complexity index is 396. The second-order valence-electron chi connectivity index (χ2n) is 3.62. The summed E-state index contributed by atoms with van der Waals surface area (Å²) in [7, 11) is 1.59. The number of ether oxygens (including phenoxy) is 3. The maximum Gasteiger partial charge on any atom is 0.313 e. The molecule has 0 aliphatic heterocycles. The Morgan fingerprint density at radius 1 is 1.06 bits per heavy atom. The van der Waals surface area contributed by atoms with Gasteiger partial charge in [-0.05, 0) is 31.2 Å². The zero-order valence-corrected chi connectivity index (χ0v) is 10.5. The van der Waals surface area contributed by atoms with Crippen LogP contribution in [0.2, 0.25) is 0 Å². The summed E-state index contributed by atoms with van der Waals surface area (Å²) in [5, 5.41) is 0. The van der Waals surface area contributed by atoms with Crippen LogP contribution in [0.3, 0.4) is 0 Å². The van der Waals surface area contributed by atoms with Crippen molar-refractivity contribution in [3.63, 3.8) is 0 Å². The van der Waals surface area contributed by atoms with Gasteiger partial charge in [0.15, 0.2) is 0 Å². The summed E-state index contributed by atoms with van der Waals surface area (Å²) in [4.78, 5) is 21.7. The molecule has 1 aromatic carbocycles. The van der Waals surface area contributed by atoms with E-state index >= 15 is 0 Å². The number of rotatable bonds is 7. The average Bonchev–Trinajstić information content (AvgIpc) is 2.34. The first-order valence-electron chi connectivity index (χ1n) is 5.53. The number of hydrogen-bond acceptors (Lipinski definition) is 5. The summed E-state index contributed by atoms with van der Waals surface area (Å²) in [5.74, 6) is 0.672. The molecule has 0 unspecified atom stereocenters. The van der Waals surface area contributed by atoms with E-state index in [0.29, 0.717) is 5.75 Å². The van der Waals surface area contributed by atoms with Crippen molar-refractivity contribution in [1.82, 2.24) is 0 Å². The van der Waals surface area contributed by atoms with Crippen LogP contribution in [-0.4, -0.2) is 32.1 Å². The number of esters is 1. The van der Waals surface area contributed by atoms with Gasteiger partial charge < -0.3 is 14.2 Å². The molecule has 18 heavy (non-hydrogen) atoms. The second-order valence-corrected chi connectivity index (χ2v) is 3.62. The van der Waals surface area contributed by atoms with E-state index in [1.807, 2.05) is 0 Å². The number of methoxy groups -OCH3 is 1. The summed E-state index contributed by atoms with van der Waals surface area (Å²) in [6.07, 6.45) is -0.192. The van der Waals surface area contributed by atoms with Gasteiger partial charge in [-0.2, -0.15) is 0 Å². The summed E-state index contributed by atoms with van der Waals surface area (Å²) in [6, 6.07) is 7.07. The summed E-state index contributed by atoms with van der Waals surface area (Å²) in [6.45, 7) is 1.71. The third-order valence-corrected chi connectivity index (χ3v) is 2.07. The monoisotopic (exact) mass is 252 g/mol. The first-order valence-corrected chi connectivity index (χ1v) is 5.53. The topological polar surface area (TPSA) is 61.8 Å². The summed E-state index contributed by atoms with van der Waals surface area (Å²) < 4.78 is 15.2. The van der Waals surface area contributed by atoms with Gasteiger partial charge in [0.1, 0.15) is 36.9 Å². The van der Waals surface area contributed by atoms with Crippen LogP contribution in [0.15, 0.2) is 24.3 Å². The predicted molar refractivity (Wildman–Crippen MR) is 64.7 cm³/mol. The van der Waals surface area contributed by atoms with Crippen LogP contribution in [-0.2, 0) is 14.3 Å². The van der Waals surface area contributed by atoms with E-state index in [1.165, 1.54) is 6.92 Å². The minimum Gasteiger partial charge on any atom is -0.497 e. The molecule has 0 aliphatic carbocycles. The lowest BCUT2D eigenvalue weighted by atomic mass is 10.3. The molecule has 0 bridgehead atoms. The SMILES string of the molecule is COc1ccc(OCCOC(=O)CC(C)=O)cc1. The van der Waals surface area contributed by atoms with Crippen molar-refractivity contribution in [1.29, 1.82) is 0 Å². The minimum absolute atomic E-state index is 0.123. The molecule has 98 valence electrons. The molecular weight excluding hydrogens is 236 g/mol. The molecule has 0 fully saturated rings. The predicted octanol–water partition coefficient (Wildman–Crippen LogP) is 1.60. The molecular formula is C13H16O5. The van der Waals surface area contributed by atoms with Crippen molar-refractivity contribution in [2.24, 2.45) is 0 Å². The number of ketones is 1. The molecule has 0 radical (unpaired) electrons. The third kappa shape index (κ3) is 5.34. The Hall–Kier alpha value is -2.04. The number of carbonyl (C=O) groups is 2. The van der Waals surface area contributed by atoms with Gasteiger partial charge in [-0.3, -0.25) is 9.59 Å². The first kappa shape index (κ1) is 14.0. The van der Waals surface area contributed by atoms with E-state index < -0.39 is 5.97 Å². The van der Waals surface area contributed by atoms with Crippen molar-refractivity contribution in [3.05, 3.63) is 24.3 Å². The van der Waals surface area contributed by atoms with E-state index in [9.17, 15) is 9.59 Å². The second kappa shape index (κ2) is 7.32. The highest BCUT2D eigenvalue weighted by Crippen LogP contribution is 2.16. The van der Waals surface area contributed by atoms with E-state index in [4.69, 9.17) is 14.2 Å². The van der Waals surface area contributed by atoms with Gasteiger partial charge in [-0.15, -0.1) is 0 Å². The molecule has 0 aromatic heterocycles. The van der Waals surface area contributed by atoms with Gasteiger partial charge in [0.2, 0.25) is 0 Å². The molecule has 0 saturated heterocycles. The lowest BCUT2D eigenvalue weighted by molar-refractivity contribution is -0.146. The van der Waals surface area contributed by atoms with Crippen LogP contribution >= 0.6 is 0 Å². The lowest BCUT2D eigenvalue weighted by Crippen LogP contribution is -2.14. The highest BCUT2D eigenvalue weighted by molar-refractivity contribution is 5.94. The largest absolute Gasteiger partial charge is 0.497 e. The van der Waals surface area contributed by atoms with E-state index in [0.717, 1.165) is 5.75 Å². The fourth-order valence-electron chi connectivity index (χ4n) is 1.24. The van der Waals surface area contributed by atoms with Crippen molar-refractivity contribution >= 4 is 11.8 Å². The number of carbonyl (C=O) groups excluding carboxylic acids is 2. The Kier molecular flexibility index (Phi) is 5.70. The third-order valence-electron chi connectivity index (χ3n) is 2.07. The van der Waals surface area contributed by atoms with Gasteiger partial charge >= 0.3 is 5.97 Å². The Labute approximate surface area is 106 Å². The molecule has 0 N–H and O–H groups in total. The molecule has 0 amide bonds.